The number of aromatic hydroxyl groups is 1. The summed E-state index contributed by atoms with van der Waals surface area (Å²) in [6, 6.07) is 12.1. The van der Waals surface area contributed by atoms with Crippen molar-refractivity contribution in [1.82, 2.24) is 9.78 Å². The molecule has 2 aliphatic carbocycles. The number of aryl methyl sites for hydroxylation is 2. The van der Waals surface area contributed by atoms with Crippen molar-refractivity contribution in [1.29, 1.82) is 0 Å². The Balaban J connectivity index is 1.18. The summed E-state index contributed by atoms with van der Waals surface area (Å²) in [5.74, 6) is -7.66. The molecular formula is C44H40ClN7O11S. The number of nitro benzene ring substituents is 2. The molecule has 20 heteroatoms. The average Bonchev–Trinajstić information content (AvgIpc) is 3.92. The monoisotopic (exact) mass is 909 g/mol. The van der Waals surface area contributed by atoms with Gasteiger partial charge in [0, 0.05) is 72.7 Å². The summed E-state index contributed by atoms with van der Waals surface area (Å²) in [4.78, 5) is 86.6. The molecule has 5 aromatic rings. The molecule has 2 saturated heterocycles. The van der Waals surface area contributed by atoms with E-state index in [1.54, 1.807) is 38.2 Å². The SMILES string of the molecule is COc1cc(O)c([C@H]2C3=CC[C@@H]4C(=O)N(c5cc([N+](=O)[O-])c(N(C)C)c([N+](=O)[O-])c5)C(=O)[C@@H]4[C@@H]3C[C@H]3C(=O)N(c4cc(-c5sc6ccc(Cl)cc6c5C)nn4C)C(=O)[C@@]23C)c(OC)c1. The topological polar surface area (TPSA) is 221 Å². The van der Waals surface area contributed by atoms with E-state index in [0.29, 0.717) is 16.3 Å². The first-order valence-corrected chi connectivity index (χ1v) is 21.3. The Kier molecular flexibility index (Phi) is 9.86. The van der Waals surface area contributed by atoms with Gasteiger partial charge in [-0.2, -0.15) is 5.10 Å². The number of hydrogen-bond acceptors (Lipinski definition) is 14. The number of methoxy groups -OCH3 is 2. The summed E-state index contributed by atoms with van der Waals surface area (Å²) in [5.41, 5.74) is -1.51. The van der Waals surface area contributed by atoms with E-state index in [2.05, 4.69) is 0 Å². The lowest BCUT2D eigenvalue weighted by Gasteiger charge is -2.49. The van der Waals surface area contributed by atoms with Gasteiger partial charge in [-0.15, -0.1) is 11.3 Å². The average molecular weight is 910 g/mol. The number of halogens is 1. The molecule has 330 valence electrons. The fourth-order valence-corrected chi connectivity index (χ4v) is 11.9. The molecule has 4 amide bonds. The highest BCUT2D eigenvalue weighted by Crippen LogP contribution is 2.66. The van der Waals surface area contributed by atoms with Crippen LogP contribution in [0.15, 0.2) is 60.2 Å². The van der Waals surface area contributed by atoms with E-state index in [-0.39, 0.29) is 52.8 Å². The van der Waals surface area contributed by atoms with E-state index < -0.39 is 79.9 Å². The Labute approximate surface area is 373 Å². The number of allylic oxidation sites excluding steroid dienone is 2. The number of carbonyl (C=O) groups excluding carboxylic acids is 4. The smallest absolute Gasteiger partial charge is 0.301 e. The van der Waals surface area contributed by atoms with Gasteiger partial charge in [0.05, 0.1) is 57.8 Å². The van der Waals surface area contributed by atoms with Gasteiger partial charge in [-0.05, 0) is 61.8 Å². The molecule has 9 rings (SSSR count). The summed E-state index contributed by atoms with van der Waals surface area (Å²) in [6.45, 7) is 3.60. The van der Waals surface area contributed by atoms with Crippen molar-refractivity contribution in [3.05, 3.63) is 96.6 Å². The summed E-state index contributed by atoms with van der Waals surface area (Å²) in [6.07, 6.45) is 1.66. The third-order valence-corrected chi connectivity index (χ3v) is 15.0. The molecule has 1 N–H and O–H groups in total. The molecule has 3 aromatic carbocycles. The summed E-state index contributed by atoms with van der Waals surface area (Å²) in [5, 5.41) is 42.7. The quantitative estimate of drug-likeness (QED) is 0.0665. The molecule has 0 radical (unpaired) electrons. The fourth-order valence-electron chi connectivity index (χ4n) is 10.6. The van der Waals surface area contributed by atoms with Gasteiger partial charge >= 0.3 is 11.4 Å². The van der Waals surface area contributed by atoms with Gasteiger partial charge in [0.2, 0.25) is 23.6 Å². The van der Waals surface area contributed by atoms with Crippen molar-refractivity contribution in [3.63, 3.8) is 0 Å². The number of amides is 4. The largest absolute Gasteiger partial charge is 0.507 e. The molecule has 4 aliphatic rings. The minimum absolute atomic E-state index is 0.0231. The molecule has 18 nitrogen and oxygen atoms in total. The second kappa shape index (κ2) is 14.9. The number of thiophene rings is 1. The van der Waals surface area contributed by atoms with E-state index in [1.807, 2.05) is 19.1 Å². The molecule has 2 aliphatic heterocycles. The van der Waals surface area contributed by atoms with Gasteiger partial charge in [0.25, 0.3) is 0 Å². The van der Waals surface area contributed by atoms with E-state index >= 15 is 9.59 Å². The number of benzene rings is 3. The number of rotatable bonds is 9. The van der Waals surface area contributed by atoms with Gasteiger partial charge in [0.15, 0.2) is 5.69 Å². The van der Waals surface area contributed by atoms with Gasteiger partial charge < -0.3 is 19.5 Å². The van der Waals surface area contributed by atoms with Gasteiger partial charge in [-0.25, -0.2) is 9.80 Å². The lowest BCUT2D eigenvalue weighted by molar-refractivity contribution is -0.392. The van der Waals surface area contributed by atoms with Crippen molar-refractivity contribution < 1.29 is 43.6 Å². The third-order valence-electron chi connectivity index (χ3n) is 13.5. The first-order valence-electron chi connectivity index (χ1n) is 20.1. The molecular weight excluding hydrogens is 870 g/mol. The minimum atomic E-state index is -1.60. The normalized spacial score (nSPS) is 23.9. The number of imide groups is 2. The zero-order valence-electron chi connectivity index (χ0n) is 35.4. The lowest BCUT2D eigenvalue weighted by Crippen LogP contribution is -2.49. The second-order valence-electron chi connectivity index (χ2n) is 16.9. The molecule has 0 unspecified atom stereocenters. The van der Waals surface area contributed by atoms with Crippen LogP contribution in [0.5, 0.6) is 17.2 Å². The predicted octanol–water partition coefficient (Wildman–Crippen LogP) is 7.30. The van der Waals surface area contributed by atoms with Crippen molar-refractivity contribution in [3.8, 4) is 27.8 Å². The van der Waals surface area contributed by atoms with Crippen molar-refractivity contribution in [2.45, 2.75) is 32.6 Å². The first-order chi connectivity index (χ1) is 30.3. The van der Waals surface area contributed by atoms with Crippen LogP contribution in [0.3, 0.4) is 0 Å². The highest BCUT2D eigenvalue weighted by molar-refractivity contribution is 7.22. The summed E-state index contributed by atoms with van der Waals surface area (Å²) < 4.78 is 13.7. The number of aromatic nitrogens is 2. The van der Waals surface area contributed by atoms with Crippen LogP contribution in [-0.4, -0.2) is 76.7 Å². The van der Waals surface area contributed by atoms with E-state index in [1.165, 1.54) is 55.3 Å². The predicted molar refractivity (Wildman–Crippen MR) is 236 cm³/mol. The molecule has 2 aromatic heterocycles. The maximum absolute atomic E-state index is 15.4. The Morgan fingerprint density at radius 3 is 2.25 bits per heavy atom. The Morgan fingerprint density at radius 1 is 0.938 bits per heavy atom. The Bertz CT molecular complexity index is 2940. The molecule has 64 heavy (non-hydrogen) atoms. The maximum atomic E-state index is 15.4. The van der Waals surface area contributed by atoms with Crippen LogP contribution in [0.4, 0.5) is 28.6 Å². The van der Waals surface area contributed by atoms with Crippen molar-refractivity contribution >= 4 is 85.2 Å². The van der Waals surface area contributed by atoms with E-state index in [9.17, 15) is 34.9 Å². The number of nitro groups is 2. The first kappa shape index (κ1) is 42.4. The van der Waals surface area contributed by atoms with E-state index in [0.717, 1.165) is 42.5 Å². The van der Waals surface area contributed by atoms with Crippen molar-refractivity contribution in [2.24, 2.45) is 36.1 Å². The van der Waals surface area contributed by atoms with Gasteiger partial charge in [-0.3, -0.25) is 44.1 Å². The van der Waals surface area contributed by atoms with Crippen LogP contribution in [0.25, 0.3) is 20.7 Å². The molecule has 0 bridgehead atoms. The highest BCUT2D eigenvalue weighted by Gasteiger charge is 2.69. The molecule has 0 spiro atoms. The Morgan fingerprint density at radius 2 is 1.62 bits per heavy atom. The molecule has 4 heterocycles. The third kappa shape index (κ3) is 5.93. The number of nitrogens with zero attached hydrogens (tertiary/aromatic N) is 7. The van der Waals surface area contributed by atoms with Crippen LogP contribution in [0.2, 0.25) is 5.02 Å². The zero-order valence-corrected chi connectivity index (χ0v) is 37.0. The van der Waals surface area contributed by atoms with Crippen LogP contribution in [0.1, 0.15) is 36.8 Å². The maximum Gasteiger partial charge on any atom is 0.301 e. The standard InChI is InChI=1S/C44H40ClN7O11S/c1-19-25-12-20(45)8-11-33(25)64-39(19)28-18-34(48(5)46-28)50-41(55)27-17-26-23(37(44(27,2)43(50)57)36-31(53)15-22(62-6)16-32(36)63-7)9-10-24-35(26)42(56)49(40(24)54)21-13-29(51(58)59)38(47(3)4)30(14-21)52(60)61/h8-9,11-16,18,24,26-27,35,37,53H,10,17H2,1-7H3/t24-,26+,27-,35-,37+,44+/m0/s1. The number of ether oxygens (including phenoxy) is 2. The highest BCUT2D eigenvalue weighted by atomic mass is 35.5. The van der Waals surface area contributed by atoms with Gasteiger partial charge in [-0.1, -0.05) is 23.3 Å². The zero-order chi connectivity index (χ0) is 46.0. The number of carbonyl (C=O) groups is 4. The number of phenols is 1. The molecule has 1 saturated carbocycles. The fraction of sp³-hybridized carbons (Fsp3) is 0.341. The number of fused-ring (bicyclic) bond motifs is 5. The Hall–Kier alpha value is -6.86. The van der Waals surface area contributed by atoms with E-state index in [4.69, 9.17) is 26.2 Å². The molecule has 6 atom stereocenters. The minimum Gasteiger partial charge on any atom is -0.507 e. The number of hydrogen-bond donors (Lipinski definition) is 1. The van der Waals surface area contributed by atoms with Crippen LogP contribution in [-0.2, 0) is 26.2 Å². The van der Waals surface area contributed by atoms with Crippen LogP contribution in [0, 0.1) is 56.2 Å². The second-order valence-corrected chi connectivity index (χ2v) is 18.4. The molecule has 3 fully saturated rings. The van der Waals surface area contributed by atoms with Crippen molar-refractivity contribution in [2.75, 3.05) is 43.0 Å². The lowest BCUT2D eigenvalue weighted by atomic mass is 9.51. The summed E-state index contributed by atoms with van der Waals surface area (Å²) in [7, 11) is 7.22. The van der Waals surface area contributed by atoms with Crippen LogP contribution < -0.4 is 24.2 Å². The van der Waals surface area contributed by atoms with Gasteiger partial charge in [0.1, 0.15) is 28.8 Å². The number of phenolic OH excluding ortho intramolecular Hbond substituents is 1. The van der Waals surface area contributed by atoms with Crippen LogP contribution >= 0.6 is 22.9 Å². The number of anilines is 3. The summed E-state index contributed by atoms with van der Waals surface area (Å²) >= 11 is 7.81.